The van der Waals surface area contributed by atoms with Crippen molar-refractivity contribution in [1.29, 1.82) is 0 Å². The Balaban J connectivity index is 1.54. The summed E-state index contributed by atoms with van der Waals surface area (Å²) in [5.41, 5.74) is -0.209. The number of ether oxygens (including phenoxy) is 1. The second-order valence-electron chi connectivity index (χ2n) is 9.20. The zero-order valence-electron chi connectivity index (χ0n) is 13.6. The fraction of sp³-hybridized carbons (Fsp3) is 0.895. The molecule has 0 aromatic heterocycles. The molecule has 0 spiro atoms. The van der Waals surface area contributed by atoms with Crippen LogP contribution in [0.5, 0.6) is 0 Å². The summed E-state index contributed by atoms with van der Waals surface area (Å²) in [6.07, 6.45) is 7.77. The Labute approximate surface area is 132 Å². The van der Waals surface area contributed by atoms with Crippen molar-refractivity contribution in [2.75, 3.05) is 0 Å². The van der Waals surface area contributed by atoms with Crippen molar-refractivity contribution in [2.24, 2.45) is 34.5 Å². The first-order chi connectivity index (χ1) is 10.4. The molecule has 1 unspecified atom stereocenters. The van der Waals surface area contributed by atoms with Crippen molar-refractivity contribution < 1.29 is 14.3 Å². The third-order valence-corrected chi connectivity index (χ3v) is 8.31. The lowest BCUT2D eigenvalue weighted by Gasteiger charge is -2.57. The van der Waals surface area contributed by atoms with Gasteiger partial charge in [-0.15, -0.1) is 0 Å². The van der Waals surface area contributed by atoms with E-state index in [9.17, 15) is 9.59 Å². The summed E-state index contributed by atoms with van der Waals surface area (Å²) in [4.78, 5) is 25.5. The molecule has 0 radical (unpaired) electrons. The highest BCUT2D eigenvalue weighted by molar-refractivity contribution is 5.95. The predicted molar refractivity (Wildman–Crippen MR) is 81.2 cm³/mol. The van der Waals surface area contributed by atoms with E-state index in [4.69, 9.17) is 4.74 Å². The molecule has 3 heteroatoms. The molecule has 22 heavy (non-hydrogen) atoms. The number of epoxide rings is 1. The van der Waals surface area contributed by atoms with Gasteiger partial charge in [0, 0.05) is 24.2 Å². The molecule has 3 nitrogen and oxygen atoms in total. The lowest BCUT2D eigenvalue weighted by atomic mass is 9.45. The molecule has 5 rings (SSSR count). The summed E-state index contributed by atoms with van der Waals surface area (Å²) >= 11 is 0. The van der Waals surface area contributed by atoms with E-state index >= 15 is 0 Å². The van der Waals surface area contributed by atoms with E-state index in [0.29, 0.717) is 54.4 Å². The minimum atomic E-state index is -0.339. The molecule has 0 N–H and O–H groups in total. The first kappa shape index (κ1) is 13.7. The van der Waals surface area contributed by atoms with Gasteiger partial charge >= 0.3 is 0 Å². The number of hydrogen-bond donors (Lipinski definition) is 0. The van der Waals surface area contributed by atoms with Gasteiger partial charge in [-0.3, -0.25) is 9.59 Å². The van der Waals surface area contributed by atoms with Gasteiger partial charge in [-0.1, -0.05) is 13.8 Å². The Bertz CT molecular complexity index is 569. The van der Waals surface area contributed by atoms with Crippen LogP contribution in [0.3, 0.4) is 0 Å². The molecular weight excluding hydrogens is 276 g/mol. The van der Waals surface area contributed by atoms with Crippen molar-refractivity contribution in [1.82, 2.24) is 0 Å². The van der Waals surface area contributed by atoms with Crippen LogP contribution < -0.4 is 0 Å². The van der Waals surface area contributed by atoms with E-state index < -0.39 is 0 Å². The molecule has 0 bridgehead atoms. The lowest BCUT2D eigenvalue weighted by Crippen LogP contribution is -2.57. The monoisotopic (exact) mass is 302 g/mol. The normalized spacial score (nSPS) is 59.4. The lowest BCUT2D eigenvalue weighted by molar-refractivity contribution is -0.158. The standard InChI is InChI=1S/C19H26O3/c1-18-9-15-14(22-15)7-10(18)3-4-11-12-5-6-16(21)19(12,2)8-13(20)17(11)18/h10-12,14-15,17H,3-9H2,1-2H3/t10-,11-,12-,14-,15+,17+,18-,19?/m0/s1. The second kappa shape index (κ2) is 4.03. The maximum atomic E-state index is 13.1. The highest BCUT2D eigenvalue weighted by Crippen LogP contribution is 2.66. The summed E-state index contributed by atoms with van der Waals surface area (Å²) in [6, 6.07) is 0. The second-order valence-corrected chi connectivity index (χ2v) is 9.20. The van der Waals surface area contributed by atoms with Crippen LogP contribution in [0.2, 0.25) is 0 Å². The highest BCUT2D eigenvalue weighted by Gasteiger charge is 2.66. The van der Waals surface area contributed by atoms with Crippen molar-refractivity contribution >= 4 is 11.6 Å². The highest BCUT2D eigenvalue weighted by atomic mass is 16.6. The van der Waals surface area contributed by atoms with E-state index in [1.807, 2.05) is 0 Å². The molecule has 0 aromatic rings. The maximum Gasteiger partial charge on any atom is 0.139 e. The van der Waals surface area contributed by atoms with Crippen LogP contribution in [-0.2, 0) is 14.3 Å². The molecule has 4 saturated carbocycles. The van der Waals surface area contributed by atoms with Crippen LogP contribution in [0.4, 0.5) is 0 Å². The largest absolute Gasteiger partial charge is 0.370 e. The number of carbonyl (C=O) groups is 2. The minimum Gasteiger partial charge on any atom is -0.370 e. The Kier molecular flexibility index (Phi) is 2.51. The third kappa shape index (κ3) is 1.52. The maximum absolute atomic E-state index is 13.1. The molecule has 4 aliphatic carbocycles. The number of ketones is 2. The summed E-state index contributed by atoms with van der Waals surface area (Å²) in [5, 5.41) is 0. The van der Waals surface area contributed by atoms with Gasteiger partial charge in [0.1, 0.15) is 11.6 Å². The molecule has 120 valence electrons. The van der Waals surface area contributed by atoms with Gasteiger partial charge in [-0.05, 0) is 55.3 Å². The molecule has 8 atom stereocenters. The summed E-state index contributed by atoms with van der Waals surface area (Å²) in [6.45, 7) is 4.44. The molecule has 0 aromatic carbocycles. The van der Waals surface area contributed by atoms with E-state index in [1.54, 1.807) is 0 Å². The average molecular weight is 302 g/mol. The van der Waals surface area contributed by atoms with E-state index in [1.165, 1.54) is 12.8 Å². The number of hydrogen-bond acceptors (Lipinski definition) is 3. The number of Topliss-reactive ketones (excluding diaryl/α,β-unsaturated/α-hetero) is 2. The molecule has 1 heterocycles. The van der Waals surface area contributed by atoms with E-state index in [0.717, 1.165) is 19.3 Å². The number of carbonyl (C=O) groups excluding carboxylic acids is 2. The first-order valence-electron chi connectivity index (χ1n) is 9.15. The third-order valence-electron chi connectivity index (χ3n) is 8.31. The summed E-state index contributed by atoms with van der Waals surface area (Å²) < 4.78 is 5.81. The molecule has 1 aliphatic heterocycles. The van der Waals surface area contributed by atoms with E-state index in [-0.39, 0.29) is 16.7 Å². The van der Waals surface area contributed by atoms with Gasteiger partial charge in [0.25, 0.3) is 0 Å². The smallest absolute Gasteiger partial charge is 0.139 e. The minimum absolute atomic E-state index is 0.130. The quantitative estimate of drug-likeness (QED) is 0.646. The zero-order valence-corrected chi connectivity index (χ0v) is 13.6. The van der Waals surface area contributed by atoms with E-state index in [2.05, 4.69) is 13.8 Å². The molecule has 5 aliphatic rings. The molecular formula is C19H26O3. The van der Waals surface area contributed by atoms with Gasteiger partial charge in [0.15, 0.2) is 0 Å². The number of rotatable bonds is 0. The SMILES string of the molecule is CC12CC(=O)[C@H]3[C@@H](CC[C@H]4C[C@@H]5O[C@@H]5C[C@@]43C)[C@@H]1CCC2=O. The Hall–Kier alpha value is -0.700. The fourth-order valence-electron chi connectivity index (χ4n) is 7.12. The van der Waals surface area contributed by atoms with Crippen LogP contribution in [-0.4, -0.2) is 23.8 Å². The van der Waals surface area contributed by atoms with Crippen molar-refractivity contribution in [3.8, 4) is 0 Å². The van der Waals surface area contributed by atoms with Gasteiger partial charge in [0.05, 0.1) is 12.2 Å². The zero-order chi connectivity index (χ0) is 15.3. The van der Waals surface area contributed by atoms with Gasteiger partial charge < -0.3 is 4.74 Å². The fourth-order valence-corrected chi connectivity index (χ4v) is 7.12. The van der Waals surface area contributed by atoms with Crippen LogP contribution in [0.1, 0.15) is 58.8 Å². The van der Waals surface area contributed by atoms with Crippen LogP contribution in [0, 0.1) is 34.5 Å². The van der Waals surface area contributed by atoms with Gasteiger partial charge in [-0.25, -0.2) is 0 Å². The topological polar surface area (TPSA) is 46.7 Å². The van der Waals surface area contributed by atoms with Crippen LogP contribution in [0.25, 0.3) is 0 Å². The summed E-state index contributed by atoms with van der Waals surface area (Å²) in [5.74, 6) is 2.51. The Morgan fingerprint density at radius 3 is 2.73 bits per heavy atom. The molecule has 5 fully saturated rings. The molecule has 1 saturated heterocycles. The van der Waals surface area contributed by atoms with Gasteiger partial charge in [-0.2, -0.15) is 0 Å². The van der Waals surface area contributed by atoms with Crippen LogP contribution in [0.15, 0.2) is 0 Å². The van der Waals surface area contributed by atoms with Gasteiger partial charge in [0.2, 0.25) is 0 Å². The predicted octanol–water partition coefficient (Wildman–Crippen LogP) is 3.15. The average Bonchev–Trinajstić information content (AvgIpc) is 3.12. The van der Waals surface area contributed by atoms with Crippen molar-refractivity contribution in [3.63, 3.8) is 0 Å². The number of fused-ring (bicyclic) bond motifs is 6. The molecule has 0 amide bonds. The van der Waals surface area contributed by atoms with Crippen molar-refractivity contribution in [3.05, 3.63) is 0 Å². The Morgan fingerprint density at radius 2 is 1.91 bits per heavy atom. The first-order valence-corrected chi connectivity index (χ1v) is 9.15. The van der Waals surface area contributed by atoms with Crippen LogP contribution >= 0.6 is 0 Å². The summed E-state index contributed by atoms with van der Waals surface area (Å²) in [7, 11) is 0. The Morgan fingerprint density at radius 1 is 1.09 bits per heavy atom. The van der Waals surface area contributed by atoms with Crippen molar-refractivity contribution in [2.45, 2.75) is 71.0 Å².